The number of carbonyl (C=O) groups excluding carboxylic acids is 1. The van der Waals surface area contributed by atoms with Crippen molar-refractivity contribution in [2.45, 2.75) is 63.2 Å². The molecule has 1 amide bonds. The molecule has 1 fully saturated rings. The smallest absolute Gasteiger partial charge is 0.348 e. The highest BCUT2D eigenvalue weighted by Crippen LogP contribution is 2.25. The van der Waals surface area contributed by atoms with Gasteiger partial charge < -0.3 is 10.6 Å². The average Bonchev–Trinajstić information content (AvgIpc) is 3.37. The number of fused-ring (bicyclic) bond motifs is 1. The molecule has 156 valence electrons. The minimum absolute atomic E-state index is 0.0600. The van der Waals surface area contributed by atoms with Crippen LogP contribution in [0.1, 0.15) is 53.8 Å². The van der Waals surface area contributed by atoms with Crippen LogP contribution < -0.4 is 10.6 Å². The molecule has 1 saturated carbocycles. The monoisotopic (exact) mass is 408 g/mol. The number of amides is 1. The van der Waals surface area contributed by atoms with E-state index < -0.39 is 12.7 Å². The highest BCUT2D eigenvalue weighted by Gasteiger charge is 2.31. The number of carbonyl (C=O) groups is 1. The van der Waals surface area contributed by atoms with Gasteiger partial charge in [0.15, 0.2) is 0 Å². The Bertz CT molecular complexity index is 860. The van der Waals surface area contributed by atoms with Crippen LogP contribution in [0.3, 0.4) is 0 Å². The second-order valence-corrected chi connectivity index (χ2v) is 7.64. The lowest BCUT2D eigenvalue weighted by atomic mass is 9.91. The van der Waals surface area contributed by atoms with E-state index in [1.165, 1.54) is 0 Å². The van der Waals surface area contributed by atoms with Crippen molar-refractivity contribution in [3.05, 3.63) is 35.7 Å². The molecule has 0 saturated heterocycles. The van der Waals surface area contributed by atoms with Crippen molar-refractivity contribution in [3.8, 4) is 5.95 Å². The van der Waals surface area contributed by atoms with Crippen molar-refractivity contribution in [1.82, 2.24) is 30.2 Å². The first kappa shape index (κ1) is 19.8. The summed E-state index contributed by atoms with van der Waals surface area (Å²) in [5.41, 5.74) is 2.19. The van der Waals surface area contributed by atoms with E-state index >= 15 is 0 Å². The number of hydrogen-bond donors (Lipinski definition) is 2. The highest BCUT2D eigenvalue weighted by atomic mass is 19.4. The van der Waals surface area contributed by atoms with Crippen LogP contribution in [-0.2, 0) is 12.8 Å². The summed E-state index contributed by atoms with van der Waals surface area (Å²) in [4.78, 5) is 26.0. The molecule has 4 rings (SSSR count). The predicted molar refractivity (Wildman–Crippen MR) is 98.7 cm³/mol. The molecule has 0 bridgehead atoms. The lowest BCUT2D eigenvalue weighted by Gasteiger charge is -2.30. The molecule has 2 aliphatic carbocycles. The Morgan fingerprint density at radius 3 is 2.59 bits per heavy atom. The molecular weight excluding hydrogens is 385 g/mol. The van der Waals surface area contributed by atoms with E-state index in [1.54, 1.807) is 23.3 Å². The molecule has 2 aromatic heterocycles. The minimum atomic E-state index is -4.20. The predicted octanol–water partition coefficient (Wildman–Crippen LogP) is 2.34. The third-order valence-corrected chi connectivity index (χ3v) is 5.53. The number of halogens is 3. The molecule has 7 nitrogen and oxygen atoms in total. The summed E-state index contributed by atoms with van der Waals surface area (Å²) >= 11 is 0. The van der Waals surface area contributed by atoms with Gasteiger partial charge in [0.25, 0.3) is 5.91 Å². The highest BCUT2D eigenvalue weighted by molar-refractivity contribution is 5.94. The number of alkyl halides is 3. The van der Waals surface area contributed by atoms with Crippen molar-refractivity contribution >= 4 is 5.91 Å². The van der Waals surface area contributed by atoms with Gasteiger partial charge in [-0.1, -0.05) is 0 Å². The third-order valence-electron chi connectivity index (χ3n) is 5.53. The van der Waals surface area contributed by atoms with E-state index in [4.69, 9.17) is 0 Å². The van der Waals surface area contributed by atoms with Crippen molar-refractivity contribution in [3.63, 3.8) is 0 Å². The number of nitrogens with zero attached hydrogens (tertiary/aromatic N) is 4. The van der Waals surface area contributed by atoms with E-state index in [2.05, 4.69) is 25.6 Å². The molecule has 29 heavy (non-hydrogen) atoms. The number of aryl methyl sites for hydroxylation is 1. The Labute approximate surface area is 166 Å². The van der Waals surface area contributed by atoms with Gasteiger partial charge in [-0.25, -0.2) is 15.0 Å². The fourth-order valence-corrected chi connectivity index (χ4v) is 4.06. The van der Waals surface area contributed by atoms with Crippen molar-refractivity contribution in [1.29, 1.82) is 0 Å². The van der Waals surface area contributed by atoms with Gasteiger partial charge in [0.1, 0.15) is 12.0 Å². The summed E-state index contributed by atoms with van der Waals surface area (Å²) in [6.45, 7) is -0.973. The topological polar surface area (TPSA) is 84.7 Å². The van der Waals surface area contributed by atoms with Crippen molar-refractivity contribution < 1.29 is 18.0 Å². The molecule has 10 heteroatoms. The minimum Gasteiger partial charge on any atom is -0.348 e. The molecule has 0 aliphatic heterocycles. The van der Waals surface area contributed by atoms with Crippen LogP contribution in [0, 0.1) is 0 Å². The average molecular weight is 408 g/mol. The van der Waals surface area contributed by atoms with Gasteiger partial charge in [0.2, 0.25) is 5.95 Å². The van der Waals surface area contributed by atoms with Crippen LogP contribution >= 0.6 is 0 Å². The number of aromatic nitrogens is 4. The van der Waals surface area contributed by atoms with Gasteiger partial charge in [-0.05, 0) is 44.9 Å². The van der Waals surface area contributed by atoms with E-state index in [9.17, 15) is 18.0 Å². The van der Waals surface area contributed by atoms with Gasteiger partial charge in [0, 0.05) is 35.7 Å². The van der Waals surface area contributed by atoms with Crippen LogP contribution in [-0.4, -0.2) is 50.2 Å². The molecule has 2 N–H and O–H groups in total. The summed E-state index contributed by atoms with van der Waals surface area (Å²) in [6.07, 6.45) is 5.76. The first-order valence-electron chi connectivity index (χ1n) is 9.88. The maximum Gasteiger partial charge on any atom is 0.401 e. The van der Waals surface area contributed by atoms with Crippen LogP contribution in [0.4, 0.5) is 13.2 Å². The molecule has 0 unspecified atom stereocenters. The Hall–Kier alpha value is -2.49. The zero-order valence-corrected chi connectivity index (χ0v) is 15.9. The molecule has 2 heterocycles. The number of hydrogen-bond acceptors (Lipinski definition) is 5. The fourth-order valence-electron chi connectivity index (χ4n) is 4.06. The van der Waals surface area contributed by atoms with Gasteiger partial charge in [-0.2, -0.15) is 13.2 Å². The summed E-state index contributed by atoms with van der Waals surface area (Å²) in [5, 5.41) is 5.58. The quantitative estimate of drug-likeness (QED) is 0.793. The number of imidazole rings is 1. The summed E-state index contributed by atoms with van der Waals surface area (Å²) in [7, 11) is 0. The number of nitrogens with one attached hydrogen (secondary N) is 2. The second-order valence-electron chi connectivity index (χ2n) is 7.64. The van der Waals surface area contributed by atoms with E-state index in [0.29, 0.717) is 37.3 Å². The van der Waals surface area contributed by atoms with Gasteiger partial charge in [-0.3, -0.25) is 9.36 Å². The van der Waals surface area contributed by atoms with Crippen LogP contribution in [0.2, 0.25) is 0 Å². The van der Waals surface area contributed by atoms with Crippen LogP contribution in [0.5, 0.6) is 0 Å². The SMILES string of the molecule is O=C(N[C@H]1CC[C@H](NCC(F)(F)F)CC1)c1nc(-n2ccnc2)nc2c1CCC2. The van der Waals surface area contributed by atoms with E-state index in [0.717, 1.165) is 30.5 Å². The second kappa shape index (κ2) is 8.10. The molecule has 0 spiro atoms. The van der Waals surface area contributed by atoms with E-state index in [-0.39, 0.29) is 18.0 Å². The Morgan fingerprint density at radius 1 is 1.14 bits per heavy atom. The maximum atomic E-state index is 12.9. The first-order valence-corrected chi connectivity index (χ1v) is 9.88. The fraction of sp³-hybridized carbons (Fsp3) is 0.579. The molecule has 0 aromatic carbocycles. The van der Waals surface area contributed by atoms with Crippen LogP contribution in [0.25, 0.3) is 5.95 Å². The van der Waals surface area contributed by atoms with Crippen LogP contribution in [0.15, 0.2) is 18.7 Å². The van der Waals surface area contributed by atoms with Crippen molar-refractivity contribution in [2.24, 2.45) is 0 Å². The van der Waals surface area contributed by atoms with Crippen molar-refractivity contribution in [2.75, 3.05) is 6.54 Å². The Morgan fingerprint density at radius 2 is 1.90 bits per heavy atom. The van der Waals surface area contributed by atoms with Gasteiger partial charge in [0.05, 0.1) is 6.54 Å². The van der Waals surface area contributed by atoms with E-state index in [1.807, 2.05) is 0 Å². The first-order chi connectivity index (χ1) is 13.9. The zero-order chi connectivity index (χ0) is 20.4. The summed E-state index contributed by atoms with van der Waals surface area (Å²) in [5.74, 6) is 0.187. The summed E-state index contributed by atoms with van der Waals surface area (Å²) in [6, 6.07) is -0.226. The molecule has 2 aromatic rings. The normalized spacial score (nSPS) is 21.8. The molecule has 0 atom stereocenters. The standard InChI is InChI=1S/C19H23F3N6O/c20-19(21,22)10-24-12-4-6-13(7-5-12)25-17(29)16-14-2-1-3-15(14)26-18(27-16)28-9-8-23-11-28/h8-9,11-13,24H,1-7,10H2,(H,25,29)/t12-,13-. The third kappa shape index (κ3) is 4.75. The number of rotatable bonds is 5. The molecule has 0 radical (unpaired) electrons. The zero-order valence-electron chi connectivity index (χ0n) is 15.9. The largest absolute Gasteiger partial charge is 0.401 e. The lowest BCUT2D eigenvalue weighted by Crippen LogP contribution is -2.44. The molecule has 2 aliphatic rings. The van der Waals surface area contributed by atoms with Gasteiger partial charge >= 0.3 is 6.18 Å². The lowest BCUT2D eigenvalue weighted by molar-refractivity contribution is -0.126. The van der Waals surface area contributed by atoms with Gasteiger partial charge in [-0.15, -0.1) is 0 Å². The Kier molecular flexibility index (Phi) is 5.53. The maximum absolute atomic E-state index is 12.9. The molecular formula is C19H23F3N6O. The Balaban J connectivity index is 1.41. The summed E-state index contributed by atoms with van der Waals surface area (Å²) < 4.78 is 38.7.